The molecule has 8 heteroatoms. The lowest BCUT2D eigenvalue weighted by Gasteiger charge is -2.30. The van der Waals surface area contributed by atoms with Crippen LogP contribution in [-0.2, 0) is 27.0 Å². The predicted octanol–water partition coefficient (Wildman–Crippen LogP) is 4.15. The first-order valence-corrected chi connectivity index (χ1v) is 14.2. The fraction of sp³-hybridized carbons (Fsp3) is 0.310. The molecule has 1 fully saturated rings. The molecule has 0 saturated carbocycles. The van der Waals surface area contributed by atoms with E-state index < -0.39 is 10.0 Å². The Morgan fingerprint density at radius 3 is 2.27 bits per heavy atom. The molecule has 0 unspecified atom stereocenters. The highest BCUT2D eigenvalue weighted by atomic mass is 32.2. The van der Waals surface area contributed by atoms with Gasteiger partial charge in [0, 0.05) is 25.6 Å². The maximum absolute atomic E-state index is 13.0. The van der Waals surface area contributed by atoms with Crippen LogP contribution in [-0.4, -0.2) is 44.2 Å². The van der Waals surface area contributed by atoms with Crippen LogP contribution in [0.25, 0.3) is 0 Å². The molecular formula is C29H33N3O4S. The number of hydrogen-bond acceptors (Lipinski definition) is 4. The van der Waals surface area contributed by atoms with E-state index in [9.17, 15) is 18.0 Å². The molecule has 0 spiro atoms. The van der Waals surface area contributed by atoms with Crippen LogP contribution in [0.15, 0.2) is 78.9 Å². The first-order valence-electron chi connectivity index (χ1n) is 12.6. The molecule has 1 aliphatic heterocycles. The van der Waals surface area contributed by atoms with Gasteiger partial charge in [-0.2, -0.15) is 0 Å². The van der Waals surface area contributed by atoms with Crippen LogP contribution >= 0.6 is 0 Å². The fourth-order valence-corrected chi connectivity index (χ4v) is 6.21. The predicted molar refractivity (Wildman–Crippen MR) is 146 cm³/mol. The molecule has 1 aliphatic rings. The molecule has 0 aliphatic carbocycles. The van der Waals surface area contributed by atoms with E-state index in [-0.39, 0.29) is 23.5 Å². The summed E-state index contributed by atoms with van der Waals surface area (Å²) in [5, 5.41) is 5.83. The molecule has 2 N–H and O–H groups in total. The first kappa shape index (κ1) is 26.6. The number of aryl methyl sites for hydroxylation is 1. The number of nitrogens with one attached hydrogen (secondary N) is 2. The van der Waals surface area contributed by atoms with Crippen LogP contribution in [0, 0.1) is 12.8 Å². The van der Waals surface area contributed by atoms with Gasteiger partial charge in [-0.25, -0.2) is 12.7 Å². The maximum Gasteiger partial charge on any atom is 0.253 e. The van der Waals surface area contributed by atoms with Crippen LogP contribution in [0.3, 0.4) is 0 Å². The van der Waals surface area contributed by atoms with Crippen molar-refractivity contribution in [3.8, 4) is 0 Å². The highest BCUT2D eigenvalue weighted by Crippen LogP contribution is 2.25. The third-order valence-electron chi connectivity index (χ3n) is 6.79. The minimum Gasteiger partial charge on any atom is -0.352 e. The molecule has 37 heavy (non-hydrogen) atoms. The zero-order valence-corrected chi connectivity index (χ0v) is 21.8. The monoisotopic (exact) mass is 519 g/mol. The summed E-state index contributed by atoms with van der Waals surface area (Å²) in [4.78, 5) is 25.8. The van der Waals surface area contributed by atoms with E-state index in [1.165, 1.54) is 4.31 Å². The SMILES string of the molecule is Cc1ccccc1CS(=O)(=O)N1CCC(C(=O)Nc2ccccc2C(=O)NCCc2ccccc2)CC1. The summed E-state index contributed by atoms with van der Waals surface area (Å²) in [6, 6.07) is 24.3. The lowest BCUT2D eigenvalue weighted by Crippen LogP contribution is -2.42. The molecular weight excluding hydrogens is 486 g/mol. The van der Waals surface area contributed by atoms with E-state index in [1.807, 2.05) is 61.5 Å². The van der Waals surface area contributed by atoms with Gasteiger partial charge in [0.1, 0.15) is 0 Å². The summed E-state index contributed by atoms with van der Waals surface area (Å²) in [7, 11) is -3.47. The van der Waals surface area contributed by atoms with Gasteiger partial charge in [-0.3, -0.25) is 9.59 Å². The lowest BCUT2D eigenvalue weighted by atomic mass is 9.97. The van der Waals surface area contributed by atoms with E-state index in [1.54, 1.807) is 24.3 Å². The molecule has 3 aromatic rings. The molecule has 194 valence electrons. The van der Waals surface area contributed by atoms with Crippen LogP contribution in [0.1, 0.15) is 39.9 Å². The fourth-order valence-electron chi connectivity index (χ4n) is 4.54. The third kappa shape index (κ3) is 7.05. The van der Waals surface area contributed by atoms with Gasteiger partial charge in [0.15, 0.2) is 0 Å². The number of amides is 2. The summed E-state index contributed by atoms with van der Waals surface area (Å²) in [6.07, 6.45) is 1.58. The van der Waals surface area contributed by atoms with Crippen molar-refractivity contribution in [2.24, 2.45) is 5.92 Å². The number of carbonyl (C=O) groups excluding carboxylic acids is 2. The number of para-hydroxylation sites is 1. The average Bonchev–Trinajstić information content (AvgIpc) is 2.91. The maximum atomic E-state index is 13.0. The number of anilines is 1. The second-order valence-electron chi connectivity index (χ2n) is 9.38. The summed E-state index contributed by atoms with van der Waals surface area (Å²) >= 11 is 0. The van der Waals surface area contributed by atoms with Crippen LogP contribution in [0.2, 0.25) is 0 Å². The van der Waals surface area contributed by atoms with Crippen molar-refractivity contribution < 1.29 is 18.0 Å². The highest BCUT2D eigenvalue weighted by Gasteiger charge is 2.31. The molecule has 2 amide bonds. The van der Waals surface area contributed by atoms with Gasteiger partial charge < -0.3 is 10.6 Å². The number of hydrogen-bond donors (Lipinski definition) is 2. The van der Waals surface area contributed by atoms with Crippen molar-refractivity contribution in [3.05, 3.63) is 101 Å². The Morgan fingerprint density at radius 1 is 0.892 bits per heavy atom. The van der Waals surface area contributed by atoms with E-state index in [0.717, 1.165) is 16.7 Å². The Morgan fingerprint density at radius 2 is 1.54 bits per heavy atom. The molecule has 1 heterocycles. The summed E-state index contributed by atoms with van der Waals surface area (Å²) < 4.78 is 27.4. The van der Waals surface area contributed by atoms with Crippen LogP contribution in [0.4, 0.5) is 5.69 Å². The van der Waals surface area contributed by atoms with Crippen molar-refractivity contribution in [2.75, 3.05) is 25.0 Å². The van der Waals surface area contributed by atoms with E-state index >= 15 is 0 Å². The number of piperidine rings is 1. The van der Waals surface area contributed by atoms with E-state index in [4.69, 9.17) is 0 Å². The van der Waals surface area contributed by atoms with Crippen molar-refractivity contribution in [3.63, 3.8) is 0 Å². The number of nitrogens with zero attached hydrogens (tertiary/aromatic N) is 1. The summed E-state index contributed by atoms with van der Waals surface area (Å²) in [5.74, 6) is -0.799. The smallest absolute Gasteiger partial charge is 0.253 e. The Hall–Kier alpha value is -3.49. The molecule has 0 atom stereocenters. The topological polar surface area (TPSA) is 95.6 Å². The van der Waals surface area contributed by atoms with Crippen LogP contribution in [0.5, 0.6) is 0 Å². The second-order valence-corrected chi connectivity index (χ2v) is 11.4. The number of carbonyl (C=O) groups is 2. The molecule has 3 aromatic carbocycles. The van der Waals surface area contributed by atoms with Gasteiger partial charge in [-0.05, 0) is 55.0 Å². The number of sulfonamides is 1. The van der Waals surface area contributed by atoms with Gasteiger partial charge >= 0.3 is 0 Å². The normalized spacial score (nSPS) is 14.7. The second kappa shape index (κ2) is 12.2. The van der Waals surface area contributed by atoms with Crippen molar-refractivity contribution in [1.29, 1.82) is 0 Å². The molecule has 7 nitrogen and oxygen atoms in total. The standard InChI is InChI=1S/C29H33N3O4S/c1-22-9-5-6-12-25(22)21-37(35,36)32-19-16-24(17-20-32)28(33)31-27-14-8-7-13-26(27)29(34)30-18-15-23-10-3-2-4-11-23/h2-14,24H,15-21H2,1H3,(H,30,34)(H,31,33). The van der Waals surface area contributed by atoms with Gasteiger partial charge in [0.25, 0.3) is 5.91 Å². The third-order valence-corrected chi connectivity index (χ3v) is 8.62. The molecule has 0 radical (unpaired) electrons. The quantitative estimate of drug-likeness (QED) is 0.444. The van der Waals surface area contributed by atoms with E-state index in [0.29, 0.717) is 50.1 Å². The van der Waals surface area contributed by atoms with Crippen molar-refractivity contribution in [1.82, 2.24) is 9.62 Å². The first-order chi connectivity index (χ1) is 17.8. The van der Waals surface area contributed by atoms with Crippen molar-refractivity contribution >= 4 is 27.5 Å². The Balaban J connectivity index is 1.31. The molecule has 4 rings (SSSR count). The Kier molecular flexibility index (Phi) is 8.74. The van der Waals surface area contributed by atoms with Crippen molar-refractivity contribution in [2.45, 2.75) is 31.9 Å². The largest absolute Gasteiger partial charge is 0.352 e. The zero-order chi connectivity index (χ0) is 26.3. The average molecular weight is 520 g/mol. The molecule has 0 bridgehead atoms. The summed E-state index contributed by atoms with van der Waals surface area (Å²) in [5.41, 5.74) is 3.74. The Labute approximate surface area is 218 Å². The molecule has 0 aromatic heterocycles. The zero-order valence-electron chi connectivity index (χ0n) is 21.0. The number of rotatable bonds is 9. The van der Waals surface area contributed by atoms with Gasteiger partial charge in [-0.1, -0.05) is 66.7 Å². The van der Waals surface area contributed by atoms with Gasteiger partial charge in [0.2, 0.25) is 15.9 Å². The molecule has 1 saturated heterocycles. The van der Waals surface area contributed by atoms with Gasteiger partial charge in [0.05, 0.1) is 17.0 Å². The van der Waals surface area contributed by atoms with Gasteiger partial charge in [-0.15, -0.1) is 0 Å². The lowest BCUT2D eigenvalue weighted by molar-refractivity contribution is -0.120. The minimum absolute atomic E-state index is 0.0384. The van der Waals surface area contributed by atoms with Crippen LogP contribution < -0.4 is 10.6 Å². The summed E-state index contributed by atoms with van der Waals surface area (Å²) in [6.45, 7) is 2.99. The minimum atomic E-state index is -3.47. The Bertz CT molecular complexity index is 1330. The van der Waals surface area contributed by atoms with E-state index in [2.05, 4.69) is 10.6 Å². The highest BCUT2D eigenvalue weighted by molar-refractivity contribution is 7.88. The number of benzene rings is 3.